The molecule has 0 saturated carbocycles. The molecule has 306 valence electrons. The zero-order valence-electron chi connectivity index (χ0n) is 33.8. The molecule has 0 spiro atoms. The number of nitrogens with one attached hydrogen (secondary N) is 1. The van der Waals surface area contributed by atoms with E-state index in [0.29, 0.717) is 12.1 Å². The molecule has 2 rings (SSSR count). The van der Waals surface area contributed by atoms with Crippen LogP contribution in [-0.4, -0.2) is 58.6 Å². The number of carbonyl (C=O) groups excluding carboxylic acids is 2. The van der Waals surface area contributed by atoms with Gasteiger partial charge in [-0.1, -0.05) is 168 Å². The van der Waals surface area contributed by atoms with Gasteiger partial charge in [0.15, 0.2) is 18.1 Å². The molecule has 0 unspecified atom stereocenters. The first-order valence-corrected chi connectivity index (χ1v) is 21.6. The van der Waals surface area contributed by atoms with Crippen LogP contribution in [0.4, 0.5) is 11.5 Å². The number of hydrogen-bond acceptors (Lipinski definition) is 10. The first-order valence-electron chi connectivity index (χ1n) is 21.6. The van der Waals surface area contributed by atoms with Crippen molar-refractivity contribution in [2.75, 3.05) is 24.7 Å². The average Bonchev–Trinajstić information content (AvgIpc) is 3.44. The molecule has 0 amide bonds. The van der Waals surface area contributed by atoms with Gasteiger partial charge in [-0.25, -0.2) is 4.79 Å². The summed E-state index contributed by atoms with van der Waals surface area (Å²) in [6, 6.07) is 0. The molecule has 11 nitrogen and oxygen atoms in total. The Kier molecular flexibility index (Phi) is 26.0. The van der Waals surface area contributed by atoms with Gasteiger partial charge in [-0.2, -0.15) is 4.98 Å². The monoisotopic (exact) mass is 749 g/mol. The molecule has 1 aromatic heterocycles. The Morgan fingerprint density at radius 2 is 1.15 bits per heavy atom. The van der Waals surface area contributed by atoms with Gasteiger partial charge < -0.3 is 30.4 Å². The number of aliphatic hydroxyl groups excluding tert-OH is 1. The summed E-state index contributed by atoms with van der Waals surface area (Å²) in [5, 5.41) is 14.1. The van der Waals surface area contributed by atoms with Crippen LogP contribution in [0.1, 0.15) is 200 Å². The van der Waals surface area contributed by atoms with Crippen molar-refractivity contribution in [1.29, 1.82) is 0 Å². The van der Waals surface area contributed by atoms with E-state index in [1.165, 1.54) is 128 Å². The van der Waals surface area contributed by atoms with Crippen LogP contribution < -0.4 is 16.7 Å². The van der Waals surface area contributed by atoms with E-state index in [1.807, 2.05) is 0 Å². The number of nitrogens with two attached hydrogens (primary N) is 1. The van der Waals surface area contributed by atoms with E-state index in [9.17, 15) is 19.5 Å². The molecule has 2 heterocycles. The summed E-state index contributed by atoms with van der Waals surface area (Å²) in [5.74, 6) is -0.806. The first kappa shape index (κ1) is 46.5. The molecule has 4 atom stereocenters. The van der Waals surface area contributed by atoms with E-state index in [0.717, 1.165) is 43.1 Å². The molecule has 1 aliphatic heterocycles. The van der Waals surface area contributed by atoms with E-state index in [1.54, 1.807) is 7.05 Å². The van der Waals surface area contributed by atoms with Crippen molar-refractivity contribution >= 4 is 23.4 Å². The van der Waals surface area contributed by atoms with E-state index in [2.05, 4.69) is 24.1 Å². The van der Waals surface area contributed by atoms with E-state index in [4.69, 9.17) is 19.9 Å². The standard InChI is InChI=1S/C42H76N4O7/c1-4-6-8-10-12-14-16-18-20-22-24-26-28-30-36(47)51-33-35-39(38(49)41(52-35)46-32-34(44-3)40(43)45-42(46)50)53-37(48)31-29-27-25-23-21-19-17-15-13-11-9-7-5-2/h32,35,38-39,41,44,49H,4-31,33H2,1-3H3,(H2,43,45,50)/t35-,38+,39-,41-/m1/s1. The van der Waals surface area contributed by atoms with Crippen molar-refractivity contribution in [3.05, 3.63) is 16.7 Å². The number of unbranched alkanes of at least 4 members (excludes halogenated alkanes) is 24. The maximum atomic E-state index is 12.9. The van der Waals surface area contributed by atoms with Crippen LogP contribution in [-0.2, 0) is 23.8 Å². The van der Waals surface area contributed by atoms with E-state index >= 15 is 0 Å². The lowest BCUT2D eigenvalue weighted by molar-refractivity contribution is -0.160. The van der Waals surface area contributed by atoms with Crippen molar-refractivity contribution in [3.63, 3.8) is 0 Å². The summed E-state index contributed by atoms with van der Waals surface area (Å²) >= 11 is 0. The number of nitrogen functional groups attached to an aromatic ring is 1. The van der Waals surface area contributed by atoms with Gasteiger partial charge in [0, 0.05) is 26.1 Å². The second-order valence-corrected chi connectivity index (χ2v) is 15.2. The Hall–Kier alpha value is -2.66. The predicted molar refractivity (Wildman–Crippen MR) is 214 cm³/mol. The number of carbonyl (C=O) groups is 2. The summed E-state index contributed by atoms with van der Waals surface area (Å²) in [5.41, 5.74) is 5.51. The second kappa shape index (κ2) is 29.7. The Morgan fingerprint density at radius 3 is 1.58 bits per heavy atom. The fourth-order valence-electron chi connectivity index (χ4n) is 7.12. The predicted octanol–water partition coefficient (Wildman–Crippen LogP) is 9.54. The Bertz CT molecular complexity index is 1160. The zero-order chi connectivity index (χ0) is 38.5. The van der Waals surface area contributed by atoms with Gasteiger partial charge in [-0.15, -0.1) is 0 Å². The topological polar surface area (TPSA) is 155 Å². The Morgan fingerprint density at radius 1 is 0.736 bits per heavy atom. The number of anilines is 2. The first-order chi connectivity index (χ1) is 25.8. The number of aromatic nitrogens is 2. The lowest BCUT2D eigenvalue weighted by Crippen LogP contribution is -2.40. The minimum absolute atomic E-state index is 0.0145. The summed E-state index contributed by atoms with van der Waals surface area (Å²) < 4.78 is 18.5. The molecule has 0 radical (unpaired) electrons. The summed E-state index contributed by atoms with van der Waals surface area (Å²) in [6.07, 6.45) is 28.8. The van der Waals surface area contributed by atoms with Gasteiger partial charge in [0.1, 0.15) is 18.8 Å². The van der Waals surface area contributed by atoms with Crippen LogP contribution in [0.3, 0.4) is 0 Å². The molecule has 0 aromatic carbocycles. The van der Waals surface area contributed by atoms with Gasteiger partial charge in [0.2, 0.25) is 0 Å². The minimum atomic E-state index is -1.39. The van der Waals surface area contributed by atoms with E-state index < -0.39 is 36.2 Å². The van der Waals surface area contributed by atoms with Crippen molar-refractivity contribution in [2.45, 2.75) is 218 Å². The number of esters is 2. The van der Waals surface area contributed by atoms with E-state index in [-0.39, 0.29) is 31.2 Å². The van der Waals surface area contributed by atoms with Crippen LogP contribution in [0, 0.1) is 0 Å². The van der Waals surface area contributed by atoms with Gasteiger partial charge in [0.25, 0.3) is 0 Å². The largest absolute Gasteiger partial charge is 0.463 e. The maximum Gasteiger partial charge on any atom is 0.351 e. The highest BCUT2D eigenvalue weighted by atomic mass is 16.6. The summed E-state index contributed by atoms with van der Waals surface area (Å²) in [6.45, 7) is 4.29. The van der Waals surface area contributed by atoms with Crippen molar-refractivity contribution < 1.29 is 28.9 Å². The molecule has 1 aliphatic rings. The van der Waals surface area contributed by atoms with Crippen molar-refractivity contribution in [1.82, 2.24) is 9.55 Å². The summed E-state index contributed by atoms with van der Waals surface area (Å²) in [7, 11) is 1.63. The number of aliphatic hydroxyl groups is 1. The SMILES string of the molecule is CCCCCCCCCCCCCCCC(=O)OC[C@H]1O[C@@H](n2cc(NC)c(N)nc2=O)[C@@H](O)[C@@H]1OC(=O)CCCCCCCCCCCCCCC. The molecular weight excluding hydrogens is 672 g/mol. The van der Waals surface area contributed by atoms with Gasteiger partial charge in [0.05, 0.1) is 5.69 Å². The molecule has 4 N–H and O–H groups in total. The number of ether oxygens (including phenoxy) is 3. The average molecular weight is 749 g/mol. The van der Waals surface area contributed by atoms with Crippen molar-refractivity contribution in [2.24, 2.45) is 0 Å². The Balaban J connectivity index is 1.76. The lowest BCUT2D eigenvalue weighted by atomic mass is 10.0. The highest BCUT2D eigenvalue weighted by Gasteiger charge is 2.48. The van der Waals surface area contributed by atoms with Gasteiger partial charge >= 0.3 is 17.6 Å². The number of nitrogens with zero attached hydrogens (tertiary/aromatic N) is 2. The van der Waals surface area contributed by atoms with Crippen LogP contribution in [0.2, 0.25) is 0 Å². The number of rotatable bonds is 33. The molecule has 53 heavy (non-hydrogen) atoms. The van der Waals surface area contributed by atoms with Crippen LogP contribution in [0.25, 0.3) is 0 Å². The van der Waals surface area contributed by atoms with Crippen LogP contribution in [0.15, 0.2) is 11.0 Å². The molecule has 0 aliphatic carbocycles. The zero-order valence-corrected chi connectivity index (χ0v) is 33.8. The third-order valence-corrected chi connectivity index (χ3v) is 10.5. The van der Waals surface area contributed by atoms with Gasteiger partial charge in [-0.05, 0) is 12.8 Å². The Labute approximate surface area is 320 Å². The maximum absolute atomic E-state index is 12.9. The highest BCUT2D eigenvalue weighted by Crippen LogP contribution is 2.32. The molecule has 11 heteroatoms. The fraction of sp³-hybridized carbons (Fsp3) is 0.857. The molecule has 1 fully saturated rings. The smallest absolute Gasteiger partial charge is 0.351 e. The van der Waals surface area contributed by atoms with Gasteiger partial charge in [-0.3, -0.25) is 14.2 Å². The normalized spacial score (nSPS) is 18.3. The molecule has 0 bridgehead atoms. The summed E-state index contributed by atoms with van der Waals surface area (Å²) in [4.78, 5) is 42.2. The third kappa shape index (κ3) is 20.0. The van der Waals surface area contributed by atoms with Crippen LogP contribution in [0.5, 0.6) is 0 Å². The highest BCUT2D eigenvalue weighted by molar-refractivity contribution is 5.70. The molecular formula is C42H76N4O7. The van der Waals surface area contributed by atoms with Crippen LogP contribution >= 0.6 is 0 Å². The molecule has 1 aromatic rings. The minimum Gasteiger partial charge on any atom is -0.463 e. The van der Waals surface area contributed by atoms with Crippen molar-refractivity contribution in [3.8, 4) is 0 Å². The third-order valence-electron chi connectivity index (χ3n) is 10.5. The number of hydrogen-bond donors (Lipinski definition) is 3. The fourth-order valence-corrected chi connectivity index (χ4v) is 7.12. The molecule has 1 saturated heterocycles. The quantitative estimate of drug-likeness (QED) is 0.0468. The lowest BCUT2D eigenvalue weighted by Gasteiger charge is -2.21. The second-order valence-electron chi connectivity index (χ2n) is 15.2.